The molecule has 26 heavy (non-hydrogen) atoms. The second kappa shape index (κ2) is 6.11. The van der Waals surface area contributed by atoms with E-state index in [0.717, 1.165) is 52.8 Å². The first-order valence-electron chi connectivity index (χ1n) is 8.42. The third kappa shape index (κ3) is 2.50. The molecule has 0 aliphatic carbocycles. The summed E-state index contributed by atoms with van der Waals surface area (Å²) in [6.45, 7) is 1.99. The fourth-order valence-electron chi connectivity index (χ4n) is 3.42. The van der Waals surface area contributed by atoms with E-state index in [2.05, 4.69) is 5.32 Å². The molecule has 2 aromatic carbocycles. The van der Waals surface area contributed by atoms with Crippen molar-refractivity contribution in [3.8, 4) is 28.4 Å². The number of hydrogen-bond acceptors (Lipinski definition) is 4. The fraction of sp³-hybridized carbons (Fsp3) is 0.211. The van der Waals surface area contributed by atoms with E-state index in [1.165, 1.54) is 0 Å². The van der Waals surface area contributed by atoms with E-state index in [1.807, 2.05) is 28.9 Å². The summed E-state index contributed by atoms with van der Waals surface area (Å²) in [6.07, 6.45) is 0.887. The van der Waals surface area contributed by atoms with Crippen molar-refractivity contribution in [3.05, 3.63) is 52.0 Å². The molecule has 5 nitrogen and oxygen atoms in total. The Morgan fingerprint density at radius 2 is 1.85 bits per heavy atom. The Morgan fingerprint density at radius 3 is 2.73 bits per heavy atom. The number of nitrogens with zero attached hydrogens (tertiary/aromatic N) is 2. The van der Waals surface area contributed by atoms with Gasteiger partial charge in [-0.3, -0.25) is 0 Å². The summed E-state index contributed by atoms with van der Waals surface area (Å²) >= 11 is 12.6. The largest absolute Gasteiger partial charge is 0.486 e. The zero-order valence-electron chi connectivity index (χ0n) is 13.8. The normalized spacial score (nSPS) is 14.8. The van der Waals surface area contributed by atoms with E-state index in [1.54, 1.807) is 12.1 Å². The highest BCUT2D eigenvalue weighted by Crippen LogP contribution is 2.40. The zero-order chi connectivity index (χ0) is 17.7. The molecule has 2 aliphatic heterocycles. The van der Waals surface area contributed by atoms with Crippen molar-refractivity contribution < 1.29 is 9.47 Å². The molecule has 1 N–H and O–H groups in total. The molecule has 3 heterocycles. The second-order valence-corrected chi connectivity index (χ2v) is 7.06. The highest BCUT2D eigenvalue weighted by atomic mass is 35.5. The lowest BCUT2D eigenvalue weighted by molar-refractivity contribution is 0.171. The SMILES string of the molecule is Clc1ccc(Cl)c(-c2nn(-c3ccc4c(c3)OCCO4)c3c2CCN3)c1. The van der Waals surface area contributed by atoms with Crippen molar-refractivity contribution in [2.24, 2.45) is 0 Å². The van der Waals surface area contributed by atoms with E-state index < -0.39 is 0 Å². The lowest BCUT2D eigenvalue weighted by Crippen LogP contribution is -2.15. The third-order valence-corrected chi connectivity index (χ3v) is 5.17. The molecule has 0 bridgehead atoms. The first kappa shape index (κ1) is 15.9. The van der Waals surface area contributed by atoms with Gasteiger partial charge in [-0.2, -0.15) is 5.10 Å². The maximum Gasteiger partial charge on any atom is 0.163 e. The molecular weight excluding hydrogens is 373 g/mol. The summed E-state index contributed by atoms with van der Waals surface area (Å²) in [5.41, 5.74) is 3.75. The monoisotopic (exact) mass is 387 g/mol. The van der Waals surface area contributed by atoms with Gasteiger partial charge in [0.2, 0.25) is 0 Å². The first-order valence-corrected chi connectivity index (χ1v) is 9.17. The molecular formula is C19H15Cl2N3O2. The van der Waals surface area contributed by atoms with Crippen molar-refractivity contribution in [1.82, 2.24) is 9.78 Å². The van der Waals surface area contributed by atoms with Crippen LogP contribution in [0.4, 0.5) is 5.82 Å². The topological polar surface area (TPSA) is 48.3 Å². The molecule has 1 aromatic heterocycles. The van der Waals surface area contributed by atoms with Gasteiger partial charge in [0.1, 0.15) is 19.0 Å². The van der Waals surface area contributed by atoms with Crippen molar-refractivity contribution in [1.29, 1.82) is 0 Å². The van der Waals surface area contributed by atoms with Gasteiger partial charge in [-0.15, -0.1) is 0 Å². The standard InChI is InChI=1S/C19H15Cl2N3O2/c20-11-1-3-15(21)14(9-11)18-13-5-6-22-19(13)24(23-18)12-2-4-16-17(10-12)26-8-7-25-16/h1-4,9-10,22H,5-8H2. The van der Waals surface area contributed by atoms with Crippen LogP contribution in [0.5, 0.6) is 11.5 Å². The van der Waals surface area contributed by atoms with Crippen LogP contribution in [0.3, 0.4) is 0 Å². The minimum atomic E-state index is 0.551. The smallest absolute Gasteiger partial charge is 0.163 e. The Balaban J connectivity index is 1.66. The van der Waals surface area contributed by atoms with Gasteiger partial charge in [-0.25, -0.2) is 4.68 Å². The number of nitrogens with one attached hydrogen (secondary N) is 1. The van der Waals surface area contributed by atoms with Crippen molar-refractivity contribution >= 4 is 29.0 Å². The molecule has 0 amide bonds. The van der Waals surface area contributed by atoms with E-state index in [9.17, 15) is 0 Å². The third-order valence-electron chi connectivity index (χ3n) is 4.60. The van der Waals surface area contributed by atoms with Gasteiger partial charge in [0, 0.05) is 28.8 Å². The van der Waals surface area contributed by atoms with Crippen LogP contribution in [0.25, 0.3) is 16.9 Å². The van der Waals surface area contributed by atoms with Crippen molar-refractivity contribution in [2.45, 2.75) is 6.42 Å². The molecule has 0 saturated carbocycles. The summed E-state index contributed by atoms with van der Waals surface area (Å²) in [4.78, 5) is 0. The first-order chi connectivity index (χ1) is 12.7. The van der Waals surface area contributed by atoms with Gasteiger partial charge in [0.15, 0.2) is 11.5 Å². The Bertz CT molecular complexity index is 1020. The molecule has 132 valence electrons. The van der Waals surface area contributed by atoms with E-state index in [-0.39, 0.29) is 0 Å². The van der Waals surface area contributed by atoms with E-state index in [4.69, 9.17) is 37.8 Å². The van der Waals surface area contributed by atoms with Crippen LogP contribution in [0, 0.1) is 0 Å². The maximum atomic E-state index is 6.42. The number of ether oxygens (including phenoxy) is 2. The number of fused-ring (bicyclic) bond motifs is 2. The number of halogens is 2. The molecule has 0 unspecified atom stereocenters. The lowest BCUT2D eigenvalue weighted by Gasteiger charge is -2.19. The average molecular weight is 388 g/mol. The van der Waals surface area contributed by atoms with Gasteiger partial charge >= 0.3 is 0 Å². The second-order valence-electron chi connectivity index (χ2n) is 6.22. The number of aromatic nitrogens is 2. The van der Waals surface area contributed by atoms with Crippen LogP contribution in [0.15, 0.2) is 36.4 Å². The van der Waals surface area contributed by atoms with Crippen molar-refractivity contribution in [3.63, 3.8) is 0 Å². The Hall–Kier alpha value is -2.37. The zero-order valence-corrected chi connectivity index (χ0v) is 15.3. The summed E-state index contributed by atoms with van der Waals surface area (Å²) in [5.74, 6) is 2.47. The predicted octanol–water partition coefficient (Wildman–Crippen LogP) is 4.59. The van der Waals surface area contributed by atoms with Gasteiger partial charge in [0.05, 0.1) is 16.4 Å². The highest BCUT2D eigenvalue weighted by Gasteiger charge is 2.26. The number of hydrogen-bond donors (Lipinski definition) is 1. The van der Waals surface area contributed by atoms with Gasteiger partial charge in [-0.1, -0.05) is 23.2 Å². The molecule has 0 spiro atoms. The number of anilines is 1. The summed E-state index contributed by atoms with van der Waals surface area (Å²) < 4.78 is 13.2. The number of benzene rings is 2. The summed E-state index contributed by atoms with van der Waals surface area (Å²) in [6, 6.07) is 11.3. The van der Waals surface area contributed by atoms with Gasteiger partial charge < -0.3 is 14.8 Å². The van der Waals surface area contributed by atoms with Crippen LogP contribution >= 0.6 is 23.2 Å². The van der Waals surface area contributed by atoms with Crippen LogP contribution in [0.1, 0.15) is 5.56 Å². The molecule has 0 fully saturated rings. The Kier molecular flexibility index (Phi) is 3.72. The molecule has 3 aromatic rings. The summed E-state index contributed by atoms with van der Waals surface area (Å²) in [7, 11) is 0. The minimum Gasteiger partial charge on any atom is -0.486 e. The van der Waals surface area contributed by atoms with Crippen LogP contribution in [-0.4, -0.2) is 29.5 Å². The van der Waals surface area contributed by atoms with Crippen LogP contribution in [0.2, 0.25) is 10.0 Å². The molecule has 0 atom stereocenters. The highest BCUT2D eigenvalue weighted by molar-refractivity contribution is 6.35. The Labute approximate surface area is 160 Å². The molecule has 7 heteroatoms. The Morgan fingerprint density at radius 1 is 1.00 bits per heavy atom. The van der Waals surface area contributed by atoms with Crippen molar-refractivity contribution in [2.75, 3.05) is 25.1 Å². The molecule has 2 aliphatic rings. The van der Waals surface area contributed by atoms with E-state index in [0.29, 0.717) is 23.3 Å². The molecule has 5 rings (SSSR count). The minimum absolute atomic E-state index is 0.551. The van der Waals surface area contributed by atoms with Gasteiger partial charge in [0.25, 0.3) is 0 Å². The fourth-order valence-corrected chi connectivity index (χ4v) is 3.80. The number of rotatable bonds is 2. The molecule has 0 saturated heterocycles. The lowest BCUT2D eigenvalue weighted by atomic mass is 10.1. The maximum absolute atomic E-state index is 6.42. The average Bonchev–Trinajstić information content (AvgIpc) is 3.26. The molecule has 0 radical (unpaired) electrons. The van der Waals surface area contributed by atoms with Crippen LogP contribution in [-0.2, 0) is 6.42 Å². The summed E-state index contributed by atoms with van der Waals surface area (Å²) in [5, 5.41) is 9.53. The predicted molar refractivity (Wildman–Crippen MR) is 102 cm³/mol. The van der Waals surface area contributed by atoms with Gasteiger partial charge in [-0.05, 0) is 36.8 Å². The van der Waals surface area contributed by atoms with E-state index >= 15 is 0 Å². The quantitative estimate of drug-likeness (QED) is 0.698. The van der Waals surface area contributed by atoms with Crippen LogP contribution < -0.4 is 14.8 Å².